The lowest BCUT2D eigenvalue weighted by Crippen LogP contribution is -2.22. The fourth-order valence-electron chi connectivity index (χ4n) is 9.40. The highest BCUT2D eigenvalue weighted by atomic mass is 32.1. The van der Waals surface area contributed by atoms with Crippen LogP contribution in [0.2, 0.25) is 0 Å². The largest absolute Gasteiger partial charge is 0.455 e. The van der Waals surface area contributed by atoms with Crippen molar-refractivity contribution in [3.63, 3.8) is 0 Å². The zero-order valence-electron chi connectivity index (χ0n) is 32.9. The number of anilines is 3. The molecule has 0 saturated carbocycles. The Bertz CT molecular complexity index is 3490. The van der Waals surface area contributed by atoms with E-state index in [0.29, 0.717) is 17.6 Å². The van der Waals surface area contributed by atoms with Gasteiger partial charge in [-0.25, -0.2) is 4.98 Å². The molecular weight excluding hydrogens is 753 g/mol. The molecule has 0 N–H and O–H groups in total. The topological polar surface area (TPSA) is 55.1 Å². The van der Waals surface area contributed by atoms with Gasteiger partial charge >= 0.3 is 0 Å². The molecule has 8 aromatic carbocycles. The molecule has 3 heterocycles. The third-order valence-corrected chi connectivity index (χ3v) is 13.3. The molecule has 0 atom stereocenters. The van der Waals surface area contributed by atoms with Crippen LogP contribution in [0.15, 0.2) is 186 Å². The molecule has 3 aromatic heterocycles. The number of para-hydroxylation sites is 2. The Labute approximate surface area is 350 Å². The van der Waals surface area contributed by atoms with Crippen LogP contribution >= 0.6 is 11.3 Å². The maximum Gasteiger partial charge on any atom is 0.238 e. The SMILES string of the molecule is CC1(C)c2ccccc2-c2cccc(N(c3nc(-c4cccc(-c5ccccc5)c4)nc(-c4cccc5c4oc4ccccc45)n3)c3cccc4sc5ccccc5c34)c21. The first kappa shape index (κ1) is 34.6. The van der Waals surface area contributed by atoms with Crippen LogP contribution in [0.25, 0.3) is 87.1 Å². The second-order valence-electron chi connectivity index (χ2n) is 16.0. The number of thiophene rings is 1. The Balaban J connectivity index is 1.18. The lowest BCUT2D eigenvalue weighted by Gasteiger charge is -2.31. The van der Waals surface area contributed by atoms with E-state index in [0.717, 1.165) is 61.0 Å². The molecule has 0 radical (unpaired) electrons. The number of hydrogen-bond acceptors (Lipinski definition) is 6. The minimum atomic E-state index is -0.312. The average Bonchev–Trinajstić information content (AvgIpc) is 3.95. The molecule has 1 aliphatic carbocycles. The lowest BCUT2D eigenvalue weighted by molar-refractivity contribution is 0.660. The average molecular weight is 789 g/mol. The highest BCUT2D eigenvalue weighted by Gasteiger charge is 2.39. The van der Waals surface area contributed by atoms with Crippen molar-refractivity contribution in [2.75, 3.05) is 4.90 Å². The summed E-state index contributed by atoms with van der Waals surface area (Å²) in [5.41, 5.74) is 12.2. The highest BCUT2D eigenvalue weighted by molar-refractivity contribution is 7.26. The predicted molar refractivity (Wildman–Crippen MR) is 249 cm³/mol. The molecule has 0 spiro atoms. The maximum absolute atomic E-state index is 6.64. The molecule has 1 aliphatic rings. The molecule has 0 unspecified atom stereocenters. The van der Waals surface area contributed by atoms with E-state index in [9.17, 15) is 0 Å². The quantitative estimate of drug-likeness (QED) is 0.168. The number of aromatic nitrogens is 3. The van der Waals surface area contributed by atoms with E-state index in [4.69, 9.17) is 19.4 Å². The first-order valence-corrected chi connectivity index (χ1v) is 21.1. The molecule has 0 amide bonds. The van der Waals surface area contributed by atoms with Gasteiger partial charge in [0, 0.05) is 41.9 Å². The summed E-state index contributed by atoms with van der Waals surface area (Å²) in [5.74, 6) is 1.63. The van der Waals surface area contributed by atoms with E-state index in [1.165, 1.54) is 37.0 Å². The zero-order chi connectivity index (χ0) is 40.0. The van der Waals surface area contributed by atoms with Gasteiger partial charge in [0.2, 0.25) is 5.95 Å². The zero-order valence-corrected chi connectivity index (χ0v) is 33.7. The van der Waals surface area contributed by atoms with E-state index in [2.05, 4.69) is 176 Å². The fourth-order valence-corrected chi connectivity index (χ4v) is 10.5. The summed E-state index contributed by atoms with van der Waals surface area (Å²) in [6.07, 6.45) is 0. The summed E-state index contributed by atoms with van der Waals surface area (Å²) in [4.78, 5) is 18.7. The van der Waals surface area contributed by atoms with Gasteiger partial charge in [0.15, 0.2) is 11.6 Å². The summed E-state index contributed by atoms with van der Waals surface area (Å²) >= 11 is 1.81. The summed E-state index contributed by atoms with van der Waals surface area (Å²) in [5, 5.41) is 4.44. The third-order valence-electron chi connectivity index (χ3n) is 12.1. The van der Waals surface area contributed by atoms with E-state index in [1.54, 1.807) is 0 Å². The third kappa shape index (κ3) is 5.27. The van der Waals surface area contributed by atoms with Gasteiger partial charge in [0.1, 0.15) is 11.2 Å². The molecule has 0 fully saturated rings. The van der Waals surface area contributed by atoms with E-state index < -0.39 is 0 Å². The van der Waals surface area contributed by atoms with Crippen LogP contribution in [0.5, 0.6) is 0 Å². The number of benzene rings is 8. The van der Waals surface area contributed by atoms with Crippen molar-refractivity contribution < 1.29 is 4.42 Å². The molecule has 12 rings (SSSR count). The van der Waals surface area contributed by atoms with Gasteiger partial charge in [-0.15, -0.1) is 11.3 Å². The van der Waals surface area contributed by atoms with Crippen molar-refractivity contribution in [1.29, 1.82) is 0 Å². The van der Waals surface area contributed by atoms with E-state index in [1.807, 2.05) is 35.6 Å². The smallest absolute Gasteiger partial charge is 0.238 e. The lowest BCUT2D eigenvalue weighted by atomic mass is 9.81. The van der Waals surface area contributed by atoms with Crippen LogP contribution in [0.4, 0.5) is 17.3 Å². The number of nitrogens with zero attached hydrogens (tertiary/aromatic N) is 4. The van der Waals surface area contributed by atoms with Crippen molar-refractivity contribution in [1.82, 2.24) is 15.0 Å². The summed E-state index contributed by atoms with van der Waals surface area (Å²) in [6, 6.07) is 64.1. The molecule has 0 aliphatic heterocycles. The monoisotopic (exact) mass is 788 g/mol. The molecular formula is C54H36N4OS. The van der Waals surface area contributed by atoms with Crippen LogP contribution < -0.4 is 4.90 Å². The second kappa shape index (κ2) is 13.3. The Morgan fingerprint density at radius 1 is 0.483 bits per heavy atom. The normalized spacial score (nSPS) is 13.0. The van der Waals surface area contributed by atoms with Gasteiger partial charge in [-0.1, -0.05) is 153 Å². The molecule has 11 aromatic rings. The van der Waals surface area contributed by atoms with Crippen LogP contribution in [0, 0.1) is 0 Å². The van der Waals surface area contributed by atoms with Gasteiger partial charge < -0.3 is 4.42 Å². The Kier molecular flexibility index (Phi) is 7.68. The number of hydrogen-bond donors (Lipinski definition) is 0. The van der Waals surface area contributed by atoms with Crippen LogP contribution in [0.3, 0.4) is 0 Å². The van der Waals surface area contributed by atoms with Crippen LogP contribution in [-0.4, -0.2) is 15.0 Å². The van der Waals surface area contributed by atoms with Gasteiger partial charge in [-0.05, 0) is 75.8 Å². The van der Waals surface area contributed by atoms with Crippen LogP contribution in [0.1, 0.15) is 25.0 Å². The number of rotatable bonds is 6. The molecule has 60 heavy (non-hydrogen) atoms. The second-order valence-corrected chi connectivity index (χ2v) is 17.0. The predicted octanol–water partition coefficient (Wildman–Crippen LogP) is 14.9. The van der Waals surface area contributed by atoms with Gasteiger partial charge in [-0.3, -0.25) is 4.90 Å². The number of fused-ring (bicyclic) bond motifs is 9. The van der Waals surface area contributed by atoms with Crippen molar-refractivity contribution in [2.45, 2.75) is 19.3 Å². The molecule has 5 nitrogen and oxygen atoms in total. The number of furan rings is 1. The summed E-state index contributed by atoms with van der Waals surface area (Å²) in [6.45, 7) is 4.67. The summed E-state index contributed by atoms with van der Waals surface area (Å²) in [7, 11) is 0. The molecule has 0 saturated heterocycles. The fraction of sp³-hybridized carbons (Fsp3) is 0.0556. The van der Waals surface area contributed by atoms with Gasteiger partial charge in [0.05, 0.1) is 16.9 Å². The van der Waals surface area contributed by atoms with Crippen LogP contribution in [-0.2, 0) is 5.41 Å². The Morgan fingerprint density at radius 3 is 2.03 bits per heavy atom. The standard InChI is InChI=1S/C54H36N4OS/c1-54(2)42-26-9-6-20-36(42)38-23-14-28-44(49(38)54)58(43-27-15-31-47-48(43)40-22-8-11-30-46(40)60-47)53-56-51(35-19-12-18-34(32-35)33-16-4-3-5-17-33)55-52(57-53)41-25-13-24-39-37-21-7-10-29-45(37)59-50(39)41/h3-32H,1-2H3. The first-order valence-electron chi connectivity index (χ1n) is 20.3. The first-order chi connectivity index (χ1) is 29.5. The molecule has 6 heteroatoms. The minimum absolute atomic E-state index is 0.312. The Morgan fingerprint density at radius 2 is 1.12 bits per heavy atom. The van der Waals surface area contributed by atoms with E-state index >= 15 is 0 Å². The summed E-state index contributed by atoms with van der Waals surface area (Å²) < 4.78 is 9.07. The van der Waals surface area contributed by atoms with Crippen molar-refractivity contribution in [3.05, 3.63) is 193 Å². The highest BCUT2D eigenvalue weighted by Crippen LogP contribution is 2.55. The van der Waals surface area contributed by atoms with Crippen molar-refractivity contribution in [2.24, 2.45) is 0 Å². The van der Waals surface area contributed by atoms with E-state index in [-0.39, 0.29) is 5.41 Å². The van der Waals surface area contributed by atoms with Crippen molar-refractivity contribution in [3.8, 4) is 45.0 Å². The van der Waals surface area contributed by atoms with Crippen molar-refractivity contribution >= 4 is 70.8 Å². The Hall–Kier alpha value is -7.41. The molecule has 0 bridgehead atoms. The van der Waals surface area contributed by atoms with Gasteiger partial charge in [0.25, 0.3) is 0 Å². The maximum atomic E-state index is 6.64. The molecule has 284 valence electrons. The minimum Gasteiger partial charge on any atom is -0.455 e. The van der Waals surface area contributed by atoms with Gasteiger partial charge in [-0.2, -0.15) is 9.97 Å².